The van der Waals surface area contributed by atoms with Gasteiger partial charge in [-0.25, -0.2) is 0 Å². The molecule has 0 unspecified atom stereocenters. The molecule has 0 saturated heterocycles. The van der Waals surface area contributed by atoms with E-state index in [4.69, 9.17) is 11.1 Å². The third-order valence-corrected chi connectivity index (χ3v) is 2.04. The Morgan fingerprint density at radius 3 is 2.40 bits per heavy atom. The summed E-state index contributed by atoms with van der Waals surface area (Å²) in [5.74, 6) is 0.160. The molecule has 0 atom stereocenters. The summed E-state index contributed by atoms with van der Waals surface area (Å²) in [5.41, 5.74) is 5.22. The number of hydrogen-bond acceptors (Lipinski definition) is 2. The molecule has 3 N–H and O–H groups in total. The van der Waals surface area contributed by atoms with Crippen LogP contribution in [0.3, 0.4) is 0 Å². The van der Waals surface area contributed by atoms with E-state index in [9.17, 15) is 0 Å². The molecule has 1 aromatic heterocycles. The third-order valence-electron chi connectivity index (χ3n) is 1.01. The highest BCUT2D eigenvalue weighted by molar-refractivity contribution is 7.13. The van der Waals surface area contributed by atoms with Crippen molar-refractivity contribution in [3.63, 3.8) is 0 Å². The minimum absolute atomic E-state index is 0. The summed E-state index contributed by atoms with van der Waals surface area (Å²) in [4.78, 5) is 2.05. The van der Waals surface area contributed by atoms with E-state index >= 15 is 0 Å². The van der Waals surface area contributed by atoms with Crippen molar-refractivity contribution in [2.75, 3.05) is 0 Å². The highest BCUT2D eigenvalue weighted by atomic mass is 35.5. The zero-order valence-electron chi connectivity index (χ0n) is 5.55. The van der Waals surface area contributed by atoms with Crippen LogP contribution < -0.4 is 5.73 Å². The Hall–Kier alpha value is -0.540. The number of amidine groups is 1. The quantitative estimate of drug-likeness (QED) is 0.497. The first-order valence-corrected chi connectivity index (χ1v) is 3.42. The zero-order chi connectivity index (χ0) is 6.85. The zero-order valence-corrected chi connectivity index (χ0v) is 7.18. The Labute approximate surface area is 70.0 Å². The standard InChI is InChI=1S/C6H8N2S.ClH/c1-4-2-3-5(9-4)6(7)8;/h2-3H,1H3,(H3,7,8);1H. The fraction of sp³-hybridized carbons (Fsp3) is 0.167. The Morgan fingerprint density at radius 2 is 2.20 bits per heavy atom. The molecule has 0 aliphatic carbocycles. The molecule has 10 heavy (non-hydrogen) atoms. The average molecular weight is 177 g/mol. The van der Waals surface area contributed by atoms with Crippen LogP contribution in [0.4, 0.5) is 0 Å². The van der Waals surface area contributed by atoms with Gasteiger partial charge in [0.2, 0.25) is 0 Å². The molecule has 0 aromatic carbocycles. The summed E-state index contributed by atoms with van der Waals surface area (Å²) in [5, 5.41) is 7.04. The molecule has 0 fully saturated rings. The highest BCUT2D eigenvalue weighted by Crippen LogP contribution is 2.13. The van der Waals surface area contributed by atoms with Gasteiger partial charge in [-0.15, -0.1) is 23.7 Å². The Kier molecular flexibility index (Phi) is 3.39. The average Bonchev–Trinajstić information content (AvgIpc) is 2.14. The number of thiophene rings is 1. The van der Waals surface area contributed by atoms with Crippen LogP contribution in [0.1, 0.15) is 9.75 Å². The number of halogens is 1. The third kappa shape index (κ3) is 2.01. The molecule has 0 radical (unpaired) electrons. The van der Waals surface area contributed by atoms with Crippen molar-refractivity contribution in [3.05, 3.63) is 21.9 Å². The summed E-state index contributed by atoms with van der Waals surface area (Å²) in [6.07, 6.45) is 0. The molecule has 0 amide bonds. The van der Waals surface area contributed by atoms with Crippen molar-refractivity contribution in [3.8, 4) is 0 Å². The fourth-order valence-electron chi connectivity index (χ4n) is 0.579. The molecule has 0 aliphatic rings. The van der Waals surface area contributed by atoms with Crippen LogP contribution in [0.2, 0.25) is 0 Å². The minimum Gasteiger partial charge on any atom is -0.383 e. The van der Waals surface area contributed by atoms with Crippen molar-refractivity contribution in [1.29, 1.82) is 5.41 Å². The lowest BCUT2D eigenvalue weighted by molar-refractivity contribution is 1.45. The largest absolute Gasteiger partial charge is 0.383 e. The van der Waals surface area contributed by atoms with Crippen molar-refractivity contribution in [1.82, 2.24) is 0 Å². The maximum atomic E-state index is 7.04. The van der Waals surface area contributed by atoms with Crippen LogP contribution in [0.25, 0.3) is 0 Å². The Morgan fingerprint density at radius 1 is 1.60 bits per heavy atom. The van der Waals surface area contributed by atoms with E-state index in [1.54, 1.807) is 11.3 Å². The lowest BCUT2D eigenvalue weighted by Gasteiger charge is -1.86. The van der Waals surface area contributed by atoms with Gasteiger partial charge < -0.3 is 5.73 Å². The summed E-state index contributed by atoms with van der Waals surface area (Å²) in [6, 6.07) is 3.82. The van der Waals surface area contributed by atoms with Crippen LogP contribution >= 0.6 is 23.7 Å². The monoisotopic (exact) mass is 176 g/mol. The summed E-state index contributed by atoms with van der Waals surface area (Å²) < 4.78 is 0. The van der Waals surface area contributed by atoms with Crippen molar-refractivity contribution < 1.29 is 0 Å². The second-order valence-electron chi connectivity index (χ2n) is 1.82. The van der Waals surface area contributed by atoms with E-state index in [1.165, 1.54) is 4.88 Å². The molecule has 0 spiro atoms. The van der Waals surface area contributed by atoms with E-state index in [2.05, 4.69) is 0 Å². The molecule has 2 nitrogen and oxygen atoms in total. The molecule has 1 rings (SSSR count). The summed E-state index contributed by atoms with van der Waals surface area (Å²) in [6.45, 7) is 2.00. The highest BCUT2D eigenvalue weighted by Gasteiger charge is 1.96. The number of hydrogen-bond donors (Lipinski definition) is 2. The lowest BCUT2D eigenvalue weighted by Crippen LogP contribution is -2.08. The molecule has 1 heterocycles. The van der Waals surface area contributed by atoms with Crippen LogP contribution in [0, 0.1) is 12.3 Å². The number of rotatable bonds is 1. The van der Waals surface area contributed by atoms with Crippen LogP contribution in [0.5, 0.6) is 0 Å². The van der Waals surface area contributed by atoms with Gasteiger partial charge >= 0.3 is 0 Å². The second-order valence-corrected chi connectivity index (χ2v) is 3.11. The number of nitrogens with two attached hydrogens (primary N) is 1. The smallest absolute Gasteiger partial charge is 0.133 e. The molecule has 0 aliphatic heterocycles. The fourth-order valence-corrected chi connectivity index (χ4v) is 1.31. The van der Waals surface area contributed by atoms with Crippen molar-refractivity contribution >= 4 is 29.6 Å². The maximum absolute atomic E-state index is 7.04. The molecule has 4 heteroatoms. The molecule has 56 valence electrons. The SMILES string of the molecule is Cc1ccc(C(=N)N)s1.Cl. The first kappa shape index (κ1) is 9.46. The molecular formula is C6H9ClN2S. The van der Waals surface area contributed by atoms with Gasteiger partial charge in [-0.05, 0) is 19.1 Å². The van der Waals surface area contributed by atoms with Crippen LogP contribution in [-0.4, -0.2) is 5.84 Å². The van der Waals surface area contributed by atoms with E-state index in [0.717, 1.165) is 4.88 Å². The number of nitrogen functional groups attached to an aromatic ring is 1. The van der Waals surface area contributed by atoms with E-state index in [0.29, 0.717) is 0 Å². The predicted molar refractivity (Wildman–Crippen MR) is 47.3 cm³/mol. The van der Waals surface area contributed by atoms with E-state index in [1.807, 2.05) is 19.1 Å². The van der Waals surface area contributed by atoms with Crippen molar-refractivity contribution in [2.45, 2.75) is 6.92 Å². The topological polar surface area (TPSA) is 49.9 Å². The van der Waals surface area contributed by atoms with Crippen LogP contribution in [-0.2, 0) is 0 Å². The van der Waals surface area contributed by atoms with Crippen molar-refractivity contribution in [2.24, 2.45) is 5.73 Å². The number of nitrogens with one attached hydrogen (secondary N) is 1. The van der Waals surface area contributed by atoms with Gasteiger partial charge in [-0.1, -0.05) is 0 Å². The molecular weight excluding hydrogens is 168 g/mol. The van der Waals surface area contributed by atoms with Gasteiger partial charge in [-0.2, -0.15) is 0 Å². The van der Waals surface area contributed by atoms with Gasteiger partial charge in [0.1, 0.15) is 5.84 Å². The molecule has 0 saturated carbocycles. The summed E-state index contributed by atoms with van der Waals surface area (Å²) >= 11 is 1.55. The predicted octanol–water partition coefficient (Wildman–Crippen LogP) is 1.76. The second kappa shape index (κ2) is 3.58. The number of aryl methyl sites for hydroxylation is 1. The van der Waals surface area contributed by atoms with Gasteiger partial charge in [-0.3, -0.25) is 5.41 Å². The van der Waals surface area contributed by atoms with E-state index in [-0.39, 0.29) is 18.2 Å². The van der Waals surface area contributed by atoms with E-state index < -0.39 is 0 Å². The Balaban J connectivity index is 0.000000810. The van der Waals surface area contributed by atoms with Gasteiger partial charge in [0.15, 0.2) is 0 Å². The molecule has 1 aromatic rings. The minimum atomic E-state index is 0. The van der Waals surface area contributed by atoms with Gasteiger partial charge in [0.05, 0.1) is 4.88 Å². The first-order chi connectivity index (χ1) is 4.20. The van der Waals surface area contributed by atoms with Crippen LogP contribution in [0.15, 0.2) is 12.1 Å². The first-order valence-electron chi connectivity index (χ1n) is 2.61. The maximum Gasteiger partial charge on any atom is 0.133 e. The summed E-state index contributed by atoms with van der Waals surface area (Å²) in [7, 11) is 0. The molecule has 0 bridgehead atoms. The van der Waals surface area contributed by atoms with Gasteiger partial charge in [0.25, 0.3) is 0 Å². The Bertz CT molecular complexity index is 231. The van der Waals surface area contributed by atoms with Gasteiger partial charge in [0, 0.05) is 4.88 Å². The normalized spacial score (nSPS) is 8.50. The lowest BCUT2D eigenvalue weighted by atomic mass is 10.4.